The highest BCUT2D eigenvalue weighted by Crippen LogP contribution is 2.24. The summed E-state index contributed by atoms with van der Waals surface area (Å²) < 4.78 is 0. The van der Waals surface area contributed by atoms with Crippen molar-refractivity contribution >= 4 is 23.2 Å². The molecule has 6 nitrogen and oxygen atoms in total. The molecule has 4 rings (SSSR count). The molecule has 0 unspecified atom stereocenters. The van der Waals surface area contributed by atoms with Gasteiger partial charge in [0.2, 0.25) is 5.91 Å². The summed E-state index contributed by atoms with van der Waals surface area (Å²) in [7, 11) is 2.16. The number of hydrogen-bond acceptors (Lipinski definition) is 4. The highest BCUT2D eigenvalue weighted by molar-refractivity contribution is 6.06. The van der Waals surface area contributed by atoms with Gasteiger partial charge >= 0.3 is 0 Å². The predicted octanol–water partition coefficient (Wildman–Crippen LogP) is 2.18. The summed E-state index contributed by atoms with van der Waals surface area (Å²) in [5.41, 5.74) is 4.25. The average Bonchev–Trinajstić information content (AvgIpc) is 3.04. The van der Waals surface area contributed by atoms with Crippen molar-refractivity contribution < 1.29 is 9.59 Å². The van der Waals surface area contributed by atoms with E-state index in [4.69, 9.17) is 0 Å². The molecular weight excluding hydrogens is 340 g/mol. The summed E-state index contributed by atoms with van der Waals surface area (Å²) in [5.74, 6) is -0.192. The van der Waals surface area contributed by atoms with E-state index in [1.807, 2.05) is 12.1 Å². The molecular formula is C21H24N4O2. The minimum absolute atomic E-state index is 0.0292. The van der Waals surface area contributed by atoms with Crippen LogP contribution in [0.5, 0.6) is 0 Å². The van der Waals surface area contributed by atoms with Gasteiger partial charge in [0.1, 0.15) is 0 Å². The van der Waals surface area contributed by atoms with Gasteiger partial charge in [-0.15, -0.1) is 0 Å². The van der Waals surface area contributed by atoms with E-state index in [0.29, 0.717) is 12.0 Å². The van der Waals surface area contributed by atoms with Gasteiger partial charge in [0.15, 0.2) is 0 Å². The van der Waals surface area contributed by atoms with Crippen LogP contribution in [0.15, 0.2) is 42.5 Å². The maximum Gasteiger partial charge on any atom is 0.255 e. The van der Waals surface area contributed by atoms with Crippen LogP contribution in [0, 0.1) is 0 Å². The van der Waals surface area contributed by atoms with Crippen molar-refractivity contribution in [2.24, 2.45) is 0 Å². The van der Waals surface area contributed by atoms with Crippen LogP contribution >= 0.6 is 0 Å². The van der Waals surface area contributed by atoms with Crippen LogP contribution in [0.4, 0.5) is 11.4 Å². The van der Waals surface area contributed by atoms with Gasteiger partial charge in [-0.25, -0.2) is 0 Å². The molecule has 0 atom stereocenters. The second-order valence-corrected chi connectivity index (χ2v) is 7.33. The van der Waals surface area contributed by atoms with Crippen molar-refractivity contribution in [3.63, 3.8) is 0 Å². The summed E-state index contributed by atoms with van der Waals surface area (Å²) in [4.78, 5) is 28.7. The lowest BCUT2D eigenvalue weighted by Crippen LogP contribution is -2.43. The molecule has 2 aliphatic heterocycles. The van der Waals surface area contributed by atoms with Crippen molar-refractivity contribution in [1.29, 1.82) is 0 Å². The van der Waals surface area contributed by atoms with Crippen LogP contribution in [0.1, 0.15) is 21.5 Å². The molecule has 1 fully saturated rings. The largest absolute Gasteiger partial charge is 0.326 e. The molecule has 140 valence electrons. The molecule has 2 aliphatic rings. The zero-order chi connectivity index (χ0) is 18.8. The molecule has 0 radical (unpaired) electrons. The minimum atomic E-state index is -0.163. The molecule has 0 aromatic heterocycles. The smallest absolute Gasteiger partial charge is 0.255 e. The number of carbonyl (C=O) groups excluding carboxylic acids is 2. The molecule has 0 saturated carbocycles. The minimum Gasteiger partial charge on any atom is -0.326 e. The van der Waals surface area contributed by atoms with E-state index in [2.05, 4.69) is 39.6 Å². The molecule has 2 aromatic rings. The number of nitrogens with zero attached hydrogens (tertiary/aromatic N) is 2. The van der Waals surface area contributed by atoms with E-state index in [9.17, 15) is 9.59 Å². The number of nitrogens with one attached hydrogen (secondary N) is 2. The van der Waals surface area contributed by atoms with E-state index in [1.54, 1.807) is 18.2 Å². The second-order valence-electron chi connectivity index (χ2n) is 7.33. The summed E-state index contributed by atoms with van der Waals surface area (Å²) in [6.45, 7) is 5.33. The lowest BCUT2D eigenvalue weighted by Gasteiger charge is -2.32. The van der Waals surface area contributed by atoms with E-state index in [-0.39, 0.29) is 11.8 Å². The van der Waals surface area contributed by atoms with Crippen LogP contribution in [-0.2, 0) is 17.8 Å². The SMILES string of the molecule is CN1CCN(Cc2ccc(NC(=O)c3ccc4c(c3)CC(=O)N4)cc2)CC1. The van der Waals surface area contributed by atoms with Crippen molar-refractivity contribution in [2.45, 2.75) is 13.0 Å². The third-order valence-corrected chi connectivity index (χ3v) is 5.21. The molecule has 2 amide bonds. The first kappa shape index (κ1) is 17.7. The Bertz CT molecular complexity index is 855. The zero-order valence-corrected chi connectivity index (χ0v) is 15.5. The summed E-state index contributed by atoms with van der Waals surface area (Å²) >= 11 is 0. The first-order valence-corrected chi connectivity index (χ1v) is 9.31. The molecule has 2 aromatic carbocycles. The monoisotopic (exact) mass is 364 g/mol. The lowest BCUT2D eigenvalue weighted by atomic mass is 10.1. The van der Waals surface area contributed by atoms with Crippen LogP contribution in [0.2, 0.25) is 0 Å². The number of hydrogen-bond donors (Lipinski definition) is 2. The van der Waals surface area contributed by atoms with Crippen LogP contribution in [0.25, 0.3) is 0 Å². The summed E-state index contributed by atoms with van der Waals surface area (Å²) in [5, 5.41) is 5.71. The Hall–Kier alpha value is -2.70. The van der Waals surface area contributed by atoms with Gasteiger partial charge in [0.25, 0.3) is 5.91 Å². The fraction of sp³-hybridized carbons (Fsp3) is 0.333. The van der Waals surface area contributed by atoms with Gasteiger partial charge < -0.3 is 15.5 Å². The summed E-state index contributed by atoms with van der Waals surface area (Å²) in [6, 6.07) is 13.3. The Kier molecular flexibility index (Phi) is 4.92. The number of benzene rings is 2. The van der Waals surface area contributed by atoms with Crippen molar-refractivity contribution in [1.82, 2.24) is 9.80 Å². The maximum absolute atomic E-state index is 12.5. The molecule has 0 spiro atoms. The Balaban J connectivity index is 1.36. The summed E-state index contributed by atoms with van der Waals surface area (Å²) in [6.07, 6.45) is 0.331. The first-order chi connectivity index (χ1) is 13.1. The molecule has 0 aliphatic carbocycles. The third kappa shape index (κ3) is 4.18. The number of rotatable bonds is 4. The second kappa shape index (κ2) is 7.50. The number of fused-ring (bicyclic) bond motifs is 1. The maximum atomic E-state index is 12.5. The Labute approximate surface area is 159 Å². The van der Waals surface area contributed by atoms with Gasteiger partial charge in [-0.05, 0) is 48.5 Å². The topological polar surface area (TPSA) is 64.7 Å². The average molecular weight is 364 g/mol. The van der Waals surface area contributed by atoms with Crippen molar-refractivity contribution in [3.05, 3.63) is 59.2 Å². The Morgan fingerprint density at radius 1 is 1.07 bits per heavy atom. The van der Waals surface area contributed by atoms with Gasteiger partial charge in [-0.2, -0.15) is 0 Å². The number of piperazine rings is 1. The molecule has 6 heteroatoms. The zero-order valence-electron chi connectivity index (χ0n) is 15.5. The fourth-order valence-corrected chi connectivity index (χ4v) is 3.53. The number of amides is 2. The Morgan fingerprint density at radius 3 is 2.56 bits per heavy atom. The van der Waals surface area contributed by atoms with Gasteiger partial charge in [-0.1, -0.05) is 12.1 Å². The highest BCUT2D eigenvalue weighted by atomic mass is 16.2. The number of likely N-dealkylation sites (N-methyl/N-ethyl adjacent to an activating group) is 1. The van der Waals surface area contributed by atoms with Crippen molar-refractivity contribution in [2.75, 3.05) is 43.9 Å². The fourth-order valence-electron chi connectivity index (χ4n) is 3.53. The molecule has 27 heavy (non-hydrogen) atoms. The number of carbonyl (C=O) groups is 2. The molecule has 2 N–H and O–H groups in total. The third-order valence-electron chi connectivity index (χ3n) is 5.21. The van der Waals surface area contributed by atoms with E-state index in [1.165, 1.54) is 5.56 Å². The van der Waals surface area contributed by atoms with Crippen LogP contribution in [0.3, 0.4) is 0 Å². The van der Waals surface area contributed by atoms with E-state index >= 15 is 0 Å². The van der Waals surface area contributed by atoms with Gasteiger partial charge in [0.05, 0.1) is 6.42 Å². The lowest BCUT2D eigenvalue weighted by molar-refractivity contribution is -0.115. The highest BCUT2D eigenvalue weighted by Gasteiger charge is 2.19. The normalized spacial score (nSPS) is 17.4. The van der Waals surface area contributed by atoms with Gasteiger partial charge in [0, 0.05) is 49.7 Å². The van der Waals surface area contributed by atoms with Crippen LogP contribution < -0.4 is 10.6 Å². The van der Waals surface area contributed by atoms with E-state index in [0.717, 1.165) is 49.7 Å². The quantitative estimate of drug-likeness (QED) is 0.873. The van der Waals surface area contributed by atoms with Crippen LogP contribution in [-0.4, -0.2) is 54.8 Å². The first-order valence-electron chi connectivity index (χ1n) is 9.31. The molecule has 2 heterocycles. The van der Waals surface area contributed by atoms with E-state index < -0.39 is 0 Å². The predicted molar refractivity (Wildman–Crippen MR) is 106 cm³/mol. The molecule has 0 bridgehead atoms. The Morgan fingerprint density at radius 2 is 1.81 bits per heavy atom. The van der Waals surface area contributed by atoms with Gasteiger partial charge in [-0.3, -0.25) is 14.5 Å². The molecule has 1 saturated heterocycles. The van der Waals surface area contributed by atoms with Crippen molar-refractivity contribution in [3.8, 4) is 0 Å². The standard InChI is InChI=1S/C21H24N4O2/c1-24-8-10-25(11-9-24)14-15-2-5-18(6-3-15)22-21(27)16-4-7-19-17(12-16)13-20(26)23-19/h2-7,12H,8-11,13-14H2,1H3,(H,22,27)(H,23,26). The number of anilines is 2.